The minimum Gasteiger partial charge on any atom is -0.380 e. The second-order valence-electron chi connectivity index (χ2n) is 6.89. The van der Waals surface area contributed by atoms with Crippen LogP contribution in [0, 0.1) is 5.92 Å². The predicted molar refractivity (Wildman–Crippen MR) is 99.0 cm³/mol. The van der Waals surface area contributed by atoms with Crippen LogP contribution in [-0.2, 0) is 16.0 Å². The Morgan fingerprint density at radius 2 is 2.04 bits per heavy atom. The average molecular weight is 395 g/mol. The molecule has 2 heterocycles. The predicted octanol–water partition coefficient (Wildman–Crippen LogP) is 3.00. The summed E-state index contributed by atoms with van der Waals surface area (Å²) >= 11 is 3.54. The summed E-state index contributed by atoms with van der Waals surface area (Å²) in [6, 6.07) is 8.74. The summed E-state index contributed by atoms with van der Waals surface area (Å²) in [7, 11) is 0. The topological polar surface area (TPSA) is 41.6 Å². The Balaban J connectivity index is 1.33. The molecule has 0 aromatic heterocycles. The first kappa shape index (κ1) is 17.9. The van der Waals surface area contributed by atoms with Gasteiger partial charge in [-0.15, -0.1) is 0 Å². The number of benzene rings is 1. The van der Waals surface area contributed by atoms with E-state index in [0.29, 0.717) is 18.4 Å². The van der Waals surface area contributed by atoms with Gasteiger partial charge in [0, 0.05) is 30.1 Å². The molecule has 1 aromatic carbocycles. The average Bonchev–Trinajstić information content (AvgIpc) is 3.14. The number of nitrogens with one attached hydrogen (secondary N) is 1. The molecule has 0 spiro atoms. The monoisotopic (exact) mass is 394 g/mol. The first-order valence-electron chi connectivity index (χ1n) is 9.04. The molecule has 1 atom stereocenters. The van der Waals surface area contributed by atoms with E-state index in [4.69, 9.17) is 4.74 Å². The van der Waals surface area contributed by atoms with Crippen LogP contribution in [0.15, 0.2) is 28.7 Å². The molecule has 0 radical (unpaired) electrons. The lowest BCUT2D eigenvalue weighted by Crippen LogP contribution is -2.44. The number of piperidine rings is 1. The van der Waals surface area contributed by atoms with Gasteiger partial charge in [-0.2, -0.15) is 0 Å². The van der Waals surface area contributed by atoms with E-state index in [1.165, 1.54) is 24.8 Å². The molecule has 1 unspecified atom stereocenters. The highest BCUT2D eigenvalue weighted by atomic mass is 79.9. The van der Waals surface area contributed by atoms with Crippen LogP contribution in [-0.4, -0.2) is 49.7 Å². The van der Waals surface area contributed by atoms with E-state index >= 15 is 0 Å². The summed E-state index contributed by atoms with van der Waals surface area (Å²) in [5, 5.41) is 3.13. The molecule has 3 rings (SSSR count). The fourth-order valence-corrected chi connectivity index (χ4v) is 4.11. The van der Waals surface area contributed by atoms with E-state index in [1.54, 1.807) is 0 Å². The first-order chi connectivity index (χ1) is 11.7. The van der Waals surface area contributed by atoms with Gasteiger partial charge in [0.15, 0.2) is 0 Å². The van der Waals surface area contributed by atoms with Crippen molar-refractivity contribution in [1.82, 2.24) is 10.2 Å². The van der Waals surface area contributed by atoms with Gasteiger partial charge in [-0.05, 0) is 56.3 Å². The highest BCUT2D eigenvalue weighted by molar-refractivity contribution is 9.10. The Kier molecular flexibility index (Phi) is 6.69. The van der Waals surface area contributed by atoms with Gasteiger partial charge in [-0.3, -0.25) is 9.69 Å². The SMILES string of the molecule is O=C(CCc1ccccc1Br)NCC1CCN(C2CCOC2)CC1. The van der Waals surface area contributed by atoms with Crippen LogP contribution in [0.2, 0.25) is 0 Å². The molecule has 0 saturated carbocycles. The van der Waals surface area contributed by atoms with Crippen LogP contribution in [0.25, 0.3) is 0 Å². The second kappa shape index (κ2) is 8.97. The van der Waals surface area contributed by atoms with Crippen LogP contribution in [0.5, 0.6) is 0 Å². The number of carbonyl (C=O) groups is 1. The van der Waals surface area contributed by atoms with Crippen LogP contribution in [0.3, 0.4) is 0 Å². The largest absolute Gasteiger partial charge is 0.380 e. The minimum atomic E-state index is 0.164. The number of rotatable bonds is 6. The number of likely N-dealkylation sites (tertiary alicyclic amines) is 1. The number of ether oxygens (including phenoxy) is 1. The molecule has 2 aliphatic rings. The number of hydrogen-bond donors (Lipinski definition) is 1. The van der Waals surface area contributed by atoms with Crippen LogP contribution >= 0.6 is 15.9 Å². The number of hydrogen-bond acceptors (Lipinski definition) is 3. The van der Waals surface area contributed by atoms with E-state index in [9.17, 15) is 4.79 Å². The fourth-order valence-electron chi connectivity index (χ4n) is 3.63. The van der Waals surface area contributed by atoms with Gasteiger partial charge in [0.2, 0.25) is 5.91 Å². The smallest absolute Gasteiger partial charge is 0.220 e. The molecule has 4 nitrogen and oxygen atoms in total. The van der Waals surface area contributed by atoms with Crippen LogP contribution in [0.1, 0.15) is 31.2 Å². The van der Waals surface area contributed by atoms with Crippen molar-refractivity contribution < 1.29 is 9.53 Å². The molecule has 2 aliphatic heterocycles. The maximum atomic E-state index is 12.1. The summed E-state index contributed by atoms with van der Waals surface area (Å²) in [4.78, 5) is 14.7. The highest BCUT2D eigenvalue weighted by Gasteiger charge is 2.27. The van der Waals surface area contributed by atoms with Gasteiger partial charge in [0.1, 0.15) is 0 Å². The maximum absolute atomic E-state index is 12.1. The lowest BCUT2D eigenvalue weighted by Gasteiger charge is -2.35. The first-order valence-corrected chi connectivity index (χ1v) is 9.83. The molecule has 5 heteroatoms. The molecular formula is C19H27BrN2O2. The van der Waals surface area contributed by atoms with Crippen molar-refractivity contribution in [2.45, 2.75) is 38.1 Å². The lowest BCUT2D eigenvalue weighted by molar-refractivity contribution is -0.121. The van der Waals surface area contributed by atoms with E-state index in [2.05, 4.69) is 32.2 Å². The molecule has 132 valence electrons. The summed E-state index contributed by atoms with van der Waals surface area (Å²) in [5.41, 5.74) is 1.19. The van der Waals surface area contributed by atoms with Gasteiger partial charge in [-0.1, -0.05) is 34.1 Å². The van der Waals surface area contributed by atoms with Gasteiger partial charge in [-0.25, -0.2) is 0 Å². The maximum Gasteiger partial charge on any atom is 0.220 e. The van der Waals surface area contributed by atoms with Gasteiger partial charge in [0.05, 0.1) is 6.61 Å². The normalized spacial score (nSPS) is 22.6. The van der Waals surface area contributed by atoms with E-state index in [-0.39, 0.29) is 5.91 Å². The van der Waals surface area contributed by atoms with E-state index < -0.39 is 0 Å². The Labute approximate surface area is 153 Å². The van der Waals surface area contributed by atoms with Gasteiger partial charge in [0.25, 0.3) is 0 Å². The van der Waals surface area contributed by atoms with Gasteiger partial charge >= 0.3 is 0 Å². The van der Waals surface area contributed by atoms with Gasteiger partial charge < -0.3 is 10.1 Å². The molecule has 1 N–H and O–H groups in total. The molecule has 2 saturated heterocycles. The van der Waals surface area contributed by atoms with E-state index in [1.807, 2.05) is 18.2 Å². The Bertz CT molecular complexity index is 538. The number of amides is 1. The zero-order chi connectivity index (χ0) is 16.8. The van der Waals surface area contributed by atoms with Crippen LogP contribution in [0.4, 0.5) is 0 Å². The quantitative estimate of drug-likeness (QED) is 0.805. The summed E-state index contributed by atoms with van der Waals surface area (Å²) in [6.07, 6.45) is 4.88. The molecular weight excluding hydrogens is 368 g/mol. The Morgan fingerprint density at radius 1 is 1.25 bits per heavy atom. The minimum absolute atomic E-state index is 0.164. The fraction of sp³-hybridized carbons (Fsp3) is 0.632. The Hall–Kier alpha value is -0.910. The highest BCUT2D eigenvalue weighted by Crippen LogP contribution is 2.22. The van der Waals surface area contributed by atoms with Crippen molar-refractivity contribution in [2.24, 2.45) is 5.92 Å². The van der Waals surface area contributed by atoms with Crippen molar-refractivity contribution in [1.29, 1.82) is 0 Å². The zero-order valence-corrected chi connectivity index (χ0v) is 15.8. The number of halogens is 1. The second-order valence-corrected chi connectivity index (χ2v) is 7.75. The summed E-state index contributed by atoms with van der Waals surface area (Å²) in [6.45, 7) is 4.93. The third-order valence-electron chi connectivity index (χ3n) is 5.24. The van der Waals surface area contributed by atoms with Crippen molar-refractivity contribution in [3.05, 3.63) is 34.3 Å². The molecule has 1 aromatic rings. The Morgan fingerprint density at radius 3 is 2.75 bits per heavy atom. The third kappa shape index (κ3) is 5.04. The zero-order valence-electron chi connectivity index (χ0n) is 14.2. The van der Waals surface area contributed by atoms with Crippen molar-refractivity contribution in [3.63, 3.8) is 0 Å². The number of carbonyl (C=O) groups excluding carboxylic acids is 1. The molecule has 24 heavy (non-hydrogen) atoms. The molecule has 2 fully saturated rings. The van der Waals surface area contributed by atoms with Crippen LogP contribution < -0.4 is 5.32 Å². The summed E-state index contributed by atoms with van der Waals surface area (Å²) < 4.78 is 6.57. The summed E-state index contributed by atoms with van der Waals surface area (Å²) in [5.74, 6) is 0.786. The molecule has 0 bridgehead atoms. The third-order valence-corrected chi connectivity index (χ3v) is 6.01. The van der Waals surface area contributed by atoms with Crippen molar-refractivity contribution >= 4 is 21.8 Å². The molecule has 0 aliphatic carbocycles. The standard InChI is InChI=1S/C19H27BrN2O2/c20-18-4-2-1-3-16(18)5-6-19(23)21-13-15-7-10-22(11-8-15)17-9-12-24-14-17/h1-4,15,17H,5-14H2,(H,21,23). The number of aryl methyl sites for hydroxylation is 1. The van der Waals surface area contributed by atoms with Crippen molar-refractivity contribution in [2.75, 3.05) is 32.8 Å². The lowest BCUT2D eigenvalue weighted by atomic mass is 9.95. The van der Waals surface area contributed by atoms with E-state index in [0.717, 1.165) is 43.7 Å². The number of nitrogens with zero attached hydrogens (tertiary/aromatic N) is 1. The molecule has 1 amide bonds. The van der Waals surface area contributed by atoms with Crippen molar-refractivity contribution in [3.8, 4) is 0 Å².